The molecule has 1 aliphatic heterocycles. The fraction of sp³-hybridized carbons (Fsp3) is 0.259. The zero-order valence-electron chi connectivity index (χ0n) is 18.8. The van der Waals surface area contributed by atoms with Gasteiger partial charge in [0.15, 0.2) is 0 Å². The third kappa shape index (κ3) is 4.21. The van der Waals surface area contributed by atoms with Crippen molar-refractivity contribution in [3.8, 4) is 5.75 Å². The van der Waals surface area contributed by atoms with Crippen LogP contribution in [0, 0.1) is 19.7 Å². The molecule has 1 saturated heterocycles. The first-order chi connectivity index (χ1) is 16.0. The molecule has 2 heterocycles. The molecule has 3 aromatic carbocycles. The van der Waals surface area contributed by atoms with Crippen LogP contribution < -0.4 is 9.64 Å². The number of halogens is 1. The number of benzene rings is 3. The average molecular weight is 444 g/mol. The maximum atomic E-state index is 13.7. The van der Waals surface area contributed by atoms with Gasteiger partial charge in [0.25, 0.3) is 0 Å². The molecule has 168 valence electrons. The van der Waals surface area contributed by atoms with E-state index in [2.05, 4.69) is 17.6 Å². The van der Waals surface area contributed by atoms with Crippen LogP contribution in [-0.2, 0) is 11.3 Å². The van der Waals surface area contributed by atoms with E-state index in [4.69, 9.17) is 9.72 Å². The van der Waals surface area contributed by atoms with Crippen LogP contribution >= 0.6 is 0 Å². The second-order valence-corrected chi connectivity index (χ2v) is 8.61. The Morgan fingerprint density at radius 2 is 1.91 bits per heavy atom. The molecule has 1 fully saturated rings. The van der Waals surface area contributed by atoms with E-state index < -0.39 is 0 Å². The molecular weight excluding hydrogens is 417 g/mol. The molecule has 4 aromatic rings. The van der Waals surface area contributed by atoms with Crippen molar-refractivity contribution in [1.29, 1.82) is 0 Å². The van der Waals surface area contributed by atoms with E-state index >= 15 is 0 Å². The molecule has 0 N–H and O–H groups in total. The summed E-state index contributed by atoms with van der Waals surface area (Å²) in [5, 5.41) is 0. The summed E-state index contributed by atoms with van der Waals surface area (Å²) in [5.41, 5.74) is 4.82. The first kappa shape index (κ1) is 21.2. The van der Waals surface area contributed by atoms with Crippen molar-refractivity contribution < 1.29 is 13.9 Å². The second kappa shape index (κ2) is 8.70. The third-order valence-electron chi connectivity index (χ3n) is 6.20. The van der Waals surface area contributed by atoms with Gasteiger partial charge in [0.1, 0.15) is 24.0 Å². The van der Waals surface area contributed by atoms with Crippen LogP contribution in [0.2, 0.25) is 0 Å². The Balaban J connectivity index is 1.40. The first-order valence-corrected chi connectivity index (χ1v) is 11.2. The van der Waals surface area contributed by atoms with Crippen LogP contribution in [0.1, 0.15) is 29.3 Å². The van der Waals surface area contributed by atoms with E-state index in [1.54, 1.807) is 17.0 Å². The predicted molar refractivity (Wildman–Crippen MR) is 127 cm³/mol. The Kier molecular flexibility index (Phi) is 5.58. The lowest BCUT2D eigenvalue weighted by molar-refractivity contribution is -0.117. The normalized spacial score (nSPS) is 16.0. The number of carbonyl (C=O) groups excluding carboxylic acids is 1. The van der Waals surface area contributed by atoms with Crippen LogP contribution in [0.3, 0.4) is 0 Å². The van der Waals surface area contributed by atoms with Crippen LogP contribution in [-0.4, -0.2) is 28.6 Å². The van der Waals surface area contributed by atoms with Gasteiger partial charge in [0, 0.05) is 24.6 Å². The molecule has 33 heavy (non-hydrogen) atoms. The van der Waals surface area contributed by atoms with Gasteiger partial charge < -0.3 is 14.2 Å². The van der Waals surface area contributed by atoms with E-state index in [1.807, 2.05) is 43.3 Å². The fourth-order valence-electron chi connectivity index (χ4n) is 4.62. The number of imidazole rings is 1. The molecule has 0 saturated carbocycles. The first-order valence-electron chi connectivity index (χ1n) is 11.2. The van der Waals surface area contributed by atoms with Gasteiger partial charge in [-0.1, -0.05) is 35.9 Å². The Bertz CT molecular complexity index is 1330. The van der Waals surface area contributed by atoms with E-state index in [0.29, 0.717) is 31.8 Å². The van der Waals surface area contributed by atoms with Crippen molar-refractivity contribution in [1.82, 2.24) is 9.55 Å². The van der Waals surface area contributed by atoms with Crippen LogP contribution in [0.25, 0.3) is 11.0 Å². The van der Waals surface area contributed by atoms with Gasteiger partial charge in [-0.25, -0.2) is 9.37 Å². The van der Waals surface area contributed by atoms with Gasteiger partial charge in [-0.2, -0.15) is 0 Å². The number of anilines is 1. The van der Waals surface area contributed by atoms with Gasteiger partial charge in [-0.05, 0) is 55.8 Å². The maximum absolute atomic E-state index is 13.7. The van der Waals surface area contributed by atoms with Crippen molar-refractivity contribution in [2.75, 3.05) is 18.1 Å². The smallest absolute Gasteiger partial charge is 0.227 e. The van der Waals surface area contributed by atoms with Gasteiger partial charge >= 0.3 is 0 Å². The predicted octanol–water partition coefficient (Wildman–Crippen LogP) is 5.39. The minimum absolute atomic E-state index is 0.0178. The van der Waals surface area contributed by atoms with Crippen molar-refractivity contribution >= 4 is 22.6 Å². The summed E-state index contributed by atoms with van der Waals surface area (Å²) < 4.78 is 22.0. The van der Waals surface area contributed by atoms with Crippen LogP contribution in [0.15, 0.2) is 66.7 Å². The summed E-state index contributed by atoms with van der Waals surface area (Å²) in [4.78, 5) is 19.3. The van der Waals surface area contributed by atoms with Crippen molar-refractivity contribution in [2.24, 2.45) is 0 Å². The molecule has 0 bridgehead atoms. The van der Waals surface area contributed by atoms with Gasteiger partial charge in [0.2, 0.25) is 5.91 Å². The molecule has 5 nitrogen and oxygen atoms in total. The zero-order valence-corrected chi connectivity index (χ0v) is 18.8. The monoisotopic (exact) mass is 443 g/mol. The zero-order chi connectivity index (χ0) is 22.9. The van der Waals surface area contributed by atoms with E-state index in [-0.39, 0.29) is 17.6 Å². The highest BCUT2D eigenvalue weighted by molar-refractivity contribution is 5.96. The highest BCUT2D eigenvalue weighted by Gasteiger charge is 2.35. The number of hydrogen-bond donors (Lipinski definition) is 0. The average Bonchev–Trinajstić information content (AvgIpc) is 3.36. The number of aryl methyl sites for hydroxylation is 2. The summed E-state index contributed by atoms with van der Waals surface area (Å²) in [6.07, 6.45) is 0.345. The summed E-state index contributed by atoms with van der Waals surface area (Å²) in [6, 6.07) is 20.3. The quantitative estimate of drug-likeness (QED) is 0.401. The lowest BCUT2D eigenvalue weighted by Crippen LogP contribution is -2.24. The number of aromatic nitrogens is 2. The van der Waals surface area contributed by atoms with Crippen LogP contribution in [0.5, 0.6) is 5.75 Å². The summed E-state index contributed by atoms with van der Waals surface area (Å²) in [6.45, 7) is 5.70. The van der Waals surface area contributed by atoms with Gasteiger partial charge in [-0.3, -0.25) is 4.79 Å². The Morgan fingerprint density at radius 1 is 1.06 bits per heavy atom. The lowest BCUT2D eigenvalue weighted by Gasteiger charge is -2.18. The number of fused-ring (bicyclic) bond motifs is 1. The molecular formula is C27H26FN3O2. The number of amides is 1. The standard InChI is InChI=1S/C27H26FN3O2/c1-18-10-11-25(19(2)14-18)33-13-12-30-24-9-4-3-8-23(24)29-27(30)20-15-26(32)31(17-20)22-7-5-6-21(28)16-22/h3-11,14,16,20H,12-13,15,17H2,1-2H3. The van der Waals surface area contributed by atoms with Crippen molar-refractivity contribution in [2.45, 2.75) is 32.7 Å². The van der Waals surface area contributed by atoms with Crippen molar-refractivity contribution in [3.05, 3.63) is 89.5 Å². The van der Waals surface area contributed by atoms with Crippen molar-refractivity contribution in [3.63, 3.8) is 0 Å². The van der Waals surface area contributed by atoms with E-state index in [0.717, 1.165) is 28.2 Å². The number of nitrogens with zero attached hydrogens (tertiary/aromatic N) is 3. The largest absolute Gasteiger partial charge is 0.491 e. The molecule has 0 aliphatic carbocycles. The minimum atomic E-state index is -0.348. The van der Waals surface area contributed by atoms with Gasteiger partial charge in [-0.15, -0.1) is 0 Å². The number of para-hydroxylation sites is 2. The minimum Gasteiger partial charge on any atom is -0.491 e. The molecule has 5 rings (SSSR count). The van der Waals surface area contributed by atoms with Crippen LogP contribution in [0.4, 0.5) is 10.1 Å². The molecule has 6 heteroatoms. The Hall–Kier alpha value is -3.67. The molecule has 1 aromatic heterocycles. The number of carbonyl (C=O) groups is 1. The molecule has 1 unspecified atom stereocenters. The fourth-order valence-corrected chi connectivity index (χ4v) is 4.62. The Morgan fingerprint density at radius 3 is 2.73 bits per heavy atom. The topological polar surface area (TPSA) is 47.4 Å². The third-order valence-corrected chi connectivity index (χ3v) is 6.20. The highest BCUT2D eigenvalue weighted by atomic mass is 19.1. The summed E-state index contributed by atoms with van der Waals surface area (Å²) >= 11 is 0. The molecule has 1 amide bonds. The summed E-state index contributed by atoms with van der Waals surface area (Å²) in [7, 11) is 0. The number of ether oxygens (including phenoxy) is 1. The molecule has 0 radical (unpaired) electrons. The molecule has 1 aliphatic rings. The SMILES string of the molecule is Cc1ccc(OCCn2c(C3CC(=O)N(c4cccc(F)c4)C3)nc3ccccc32)c(C)c1. The van der Waals surface area contributed by atoms with E-state index in [9.17, 15) is 9.18 Å². The summed E-state index contributed by atoms with van der Waals surface area (Å²) in [5.74, 6) is 1.30. The Labute approximate surface area is 192 Å². The highest BCUT2D eigenvalue weighted by Crippen LogP contribution is 2.33. The molecule has 1 atom stereocenters. The maximum Gasteiger partial charge on any atom is 0.227 e. The number of rotatable bonds is 6. The van der Waals surface area contributed by atoms with Gasteiger partial charge in [0.05, 0.1) is 17.6 Å². The van der Waals surface area contributed by atoms with E-state index in [1.165, 1.54) is 17.7 Å². The lowest BCUT2D eigenvalue weighted by atomic mass is 10.1. The second-order valence-electron chi connectivity index (χ2n) is 8.61. The number of hydrogen-bond acceptors (Lipinski definition) is 3. The molecule has 0 spiro atoms.